The summed E-state index contributed by atoms with van der Waals surface area (Å²) in [6, 6.07) is 8.65. The third-order valence-corrected chi connectivity index (χ3v) is 3.72. The minimum absolute atomic E-state index is 0.178. The van der Waals surface area contributed by atoms with Crippen LogP contribution in [0.4, 0.5) is 18.9 Å². The maximum absolute atomic E-state index is 12.6. The van der Waals surface area contributed by atoms with Crippen LogP contribution in [0, 0.1) is 0 Å². The average Bonchev–Trinajstić information content (AvgIpc) is 2.61. The van der Waals surface area contributed by atoms with Gasteiger partial charge < -0.3 is 14.8 Å². The van der Waals surface area contributed by atoms with E-state index in [4.69, 9.17) is 9.47 Å². The number of benzene rings is 2. The number of anilines is 1. The van der Waals surface area contributed by atoms with Gasteiger partial charge in [0, 0.05) is 11.8 Å². The van der Waals surface area contributed by atoms with Gasteiger partial charge in [0.15, 0.2) is 11.9 Å². The Kier molecular flexibility index (Phi) is 6.09. The van der Waals surface area contributed by atoms with E-state index < -0.39 is 23.8 Å². The fraction of sp³-hybridized carbons (Fsp3) is 0.263. The molecular formula is C19H18F3NO4. The van der Waals surface area contributed by atoms with Crippen molar-refractivity contribution in [2.24, 2.45) is 0 Å². The molecule has 5 nitrogen and oxygen atoms in total. The number of hydrogen-bond acceptors (Lipinski definition) is 4. The van der Waals surface area contributed by atoms with Crippen molar-refractivity contribution in [3.8, 4) is 11.5 Å². The minimum Gasteiger partial charge on any atom is -0.497 e. The highest BCUT2D eigenvalue weighted by Crippen LogP contribution is 2.30. The molecule has 0 bridgehead atoms. The third-order valence-electron chi connectivity index (χ3n) is 3.72. The molecule has 0 aliphatic carbocycles. The van der Waals surface area contributed by atoms with E-state index in [1.54, 1.807) is 6.07 Å². The summed E-state index contributed by atoms with van der Waals surface area (Å²) in [5, 5.41) is 2.47. The summed E-state index contributed by atoms with van der Waals surface area (Å²) >= 11 is 0. The second kappa shape index (κ2) is 8.11. The number of carbonyl (C=O) groups is 2. The van der Waals surface area contributed by atoms with Crippen LogP contribution in [0.3, 0.4) is 0 Å². The van der Waals surface area contributed by atoms with Crippen LogP contribution in [0.15, 0.2) is 42.5 Å². The molecule has 27 heavy (non-hydrogen) atoms. The molecule has 2 aromatic rings. The van der Waals surface area contributed by atoms with Crippen LogP contribution in [0.1, 0.15) is 29.8 Å². The lowest BCUT2D eigenvalue weighted by Gasteiger charge is -2.17. The molecule has 0 saturated carbocycles. The first kappa shape index (κ1) is 20.3. The molecule has 0 saturated heterocycles. The Balaban J connectivity index is 2.11. The average molecular weight is 381 g/mol. The summed E-state index contributed by atoms with van der Waals surface area (Å²) in [4.78, 5) is 24.0. The Labute approximate surface area is 154 Å². The van der Waals surface area contributed by atoms with Crippen LogP contribution in [0.2, 0.25) is 0 Å². The van der Waals surface area contributed by atoms with Gasteiger partial charge in [-0.1, -0.05) is 0 Å². The quantitative estimate of drug-likeness (QED) is 0.757. The highest BCUT2D eigenvalue weighted by molar-refractivity contribution is 5.98. The first-order valence-corrected chi connectivity index (χ1v) is 7.95. The first-order valence-electron chi connectivity index (χ1n) is 7.95. The number of carbonyl (C=O) groups excluding carboxylic acids is 2. The molecule has 0 fully saturated rings. The Morgan fingerprint density at radius 3 is 2.22 bits per heavy atom. The normalized spacial score (nSPS) is 12.2. The second-order valence-corrected chi connectivity index (χ2v) is 5.74. The topological polar surface area (TPSA) is 64.6 Å². The molecule has 0 aromatic heterocycles. The summed E-state index contributed by atoms with van der Waals surface area (Å²) < 4.78 is 48.4. The molecule has 0 aliphatic rings. The van der Waals surface area contributed by atoms with Crippen LogP contribution in [0.5, 0.6) is 11.5 Å². The summed E-state index contributed by atoms with van der Waals surface area (Å²) in [5.74, 6) is -0.197. The molecule has 1 atom stereocenters. The molecule has 0 aliphatic heterocycles. The predicted octanol–water partition coefficient (Wildman–Crippen LogP) is 4.32. The van der Waals surface area contributed by atoms with Gasteiger partial charge in [0.1, 0.15) is 11.5 Å². The van der Waals surface area contributed by atoms with Gasteiger partial charge in [0.05, 0.1) is 18.2 Å². The number of ether oxygens (including phenoxy) is 2. The fourth-order valence-corrected chi connectivity index (χ4v) is 2.25. The highest BCUT2D eigenvalue weighted by atomic mass is 19.4. The van der Waals surface area contributed by atoms with Gasteiger partial charge >= 0.3 is 6.18 Å². The molecule has 0 heterocycles. The minimum atomic E-state index is -4.45. The number of ketones is 1. The van der Waals surface area contributed by atoms with Crippen molar-refractivity contribution in [3.63, 3.8) is 0 Å². The number of amides is 1. The number of rotatable bonds is 6. The zero-order valence-electron chi connectivity index (χ0n) is 14.9. The number of Topliss-reactive ketones (excluding diaryl/α,β-unsaturated/α-hetero) is 1. The van der Waals surface area contributed by atoms with E-state index in [-0.39, 0.29) is 22.8 Å². The lowest BCUT2D eigenvalue weighted by atomic mass is 10.1. The lowest BCUT2D eigenvalue weighted by molar-refractivity contribution is -0.137. The van der Waals surface area contributed by atoms with Gasteiger partial charge in [-0.25, -0.2) is 0 Å². The highest BCUT2D eigenvalue weighted by Gasteiger charge is 2.30. The van der Waals surface area contributed by atoms with Crippen LogP contribution in [-0.2, 0) is 11.0 Å². The molecular weight excluding hydrogens is 363 g/mol. The summed E-state index contributed by atoms with van der Waals surface area (Å²) in [6.45, 7) is 2.82. The van der Waals surface area contributed by atoms with Crippen LogP contribution in [0.25, 0.3) is 0 Å². The van der Waals surface area contributed by atoms with Gasteiger partial charge in [-0.3, -0.25) is 9.59 Å². The number of methoxy groups -OCH3 is 1. The van der Waals surface area contributed by atoms with E-state index in [2.05, 4.69) is 5.32 Å². The largest absolute Gasteiger partial charge is 0.497 e. The second-order valence-electron chi connectivity index (χ2n) is 5.74. The predicted molar refractivity (Wildman–Crippen MR) is 93.2 cm³/mol. The van der Waals surface area contributed by atoms with Crippen molar-refractivity contribution in [2.75, 3.05) is 12.4 Å². The van der Waals surface area contributed by atoms with Gasteiger partial charge in [0.25, 0.3) is 5.91 Å². The Morgan fingerprint density at radius 1 is 1.07 bits per heavy atom. The zero-order valence-corrected chi connectivity index (χ0v) is 14.9. The van der Waals surface area contributed by atoms with Crippen molar-refractivity contribution in [2.45, 2.75) is 26.1 Å². The Morgan fingerprint density at radius 2 is 1.70 bits per heavy atom. The Bertz CT molecular complexity index is 832. The van der Waals surface area contributed by atoms with E-state index in [1.165, 1.54) is 33.1 Å². The monoisotopic (exact) mass is 381 g/mol. The van der Waals surface area contributed by atoms with Crippen LogP contribution >= 0.6 is 0 Å². The van der Waals surface area contributed by atoms with Crippen molar-refractivity contribution >= 4 is 17.4 Å². The molecule has 0 spiro atoms. The van der Waals surface area contributed by atoms with E-state index in [0.29, 0.717) is 5.75 Å². The summed E-state index contributed by atoms with van der Waals surface area (Å²) in [5.41, 5.74) is -0.335. The molecule has 1 unspecified atom stereocenters. The van der Waals surface area contributed by atoms with Gasteiger partial charge in [0.2, 0.25) is 0 Å². The van der Waals surface area contributed by atoms with Gasteiger partial charge in [-0.05, 0) is 50.2 Å². The van der Waals surface area contributed by atoms with Gasteiger partial charge in [-0.2, -0.15) is 13.2 Å². The maximum Gasteiger partial charge on any atom is 0.416 e. The number of hydrogen-bond donors (Lipinski definition) is 1. The summed E-state index contributed by atoms with van der Waals surface area (Å²) in [6.07, 6.45) is -5.45. The zero-order chi connectivity index (χ0) is 20.2. The first-order chi connectivity index (χ1) is 12.6. The number of nitrogens with one attached hydrogen (secondary N) is 1. The van der Waals surface area contributed by atoms with Crippen molar-refractivity contribution in [1.29, 1.82) is 0 Å². The third kappa shape index (κ3) is 5.22. The van der Waals surface area contributed by atoms with Crippen molar-refractivity contribution in [3.05, 3.63) is 53.6 Å². The van der Waals surface area contributed by atoms with Crippen molar-refractivity contribution < 1.29 is 32.2 Å². The smallest absolute Gasteiger partial charge is 0.416 e. The number of alkyl halides is 3. The molecule has 1 amide bonds. The van der Waals surface area contributed by atoms with E-state index in [0.717, 1.165) is 24.3 Å². The SMILES string of the molecule is COc1ccc(C(C)=O)c(OC(C)C(=O)Nc2ccc(C(F)(F)F)cc2)c1. The van der Waals surface area contributed by atoms with E-state index in [9.17, 15) is 22.8 Å². The fourth-order valence-electron chi connectivity index (χ4n) is 2.25. The molecule has 8 heteroatoms. The maximum atomic E-state index is 12.6. The molecule has 0 radical (unpaired) electrons. The lowest BCUT2D eigenvalue weighted by Crippen LogP contribution is -2.30. The van der Waals surface area contributed by atoms with Crippen LogP contribution < -0.4 is 14.8 Å². The molecule has 2 rings (SSSR count). The van der Waals surface area contributed by atoms with E-state index >= 15 is 0 Å². The van der Waals surface area contributed by atoms with Crippen LogP contribution in [-0.4, -0.2) is 24.9 Å². The standard InChI is InChI=1S/C19H18F3NO4/c1-11(24)16-9-8-15(26-3)10-17(16)27-12(2)18(25)23-14-6-4-13(5-7-14)19(20,21)22/h4-10,12H,1-3H3,(H,23,25). The molecule has 144 valence electrons. The van der Waals surface area contributed by atoms with E-state index in [1.807, 2.05) is 0 Å². The molecule has 2 aromatic carbocycles. The Hall–Kier alpha value is -3.03. The van der Waals surface area contributed by atoms with Crippen molar-refractivity contribution in [1.82, 2.24) is 0 Å². The molecule has 1 N–H and O–H groups in total. The van der Waals surface area contributed by atoms with Gasteiger partial charge in [-0.15, -0.1) is 0 Å². The summed E-state index contributed by atoms with van der Waals surface area (Å²) in [7, 11) is 1.45. The number of halogens is 3.